The molecule has 0 aliphatic carbocycles. The van der Waals surface area contributed by atoms with E-state index in [1.807, 2.05) is 94.4 Å². The molecule has 1 heterocycles. The van der Waals surface area contributed by atoms with Gasteiger partial charge in [-0.1, -0.05) is 49.4 Å². The quantitative estimate of drug-likeness (QED) is 0.472. The van der Waals surface area contributed by atoms with E-state index in [-0.39, 0.29) is 17.5 Å². The van der Waals surface area contributed by atoms with Crippen LogP contribution in [0.3, 0.4) is 0 Å². The van der Waals surface area contributed by atoms with Crippen molar-refractivity contribution in [2.75, 3.05) is 16.8 Å². The average Bonchev–Trinajstić information content (AvgIpc) is 3.05. The predicted octanol–water partition coefficient (Wildman–Crippen LogP) is 5.80. The molecule has 0 radical (unpaired) electrons. The highest BCUT2D eigenvalue weighted by atomic mass is 16.5. The van der Waals surface area contributed by atoms with Crippen LogP contribution < -0.4 is 15.0 Å². The van der Waals surface area contributed by atoms with E-state index in [1.54, 1.807) is 0 Å². The Morgan fingerprint density at radius 2 is 1.52 bits per heavy atom. The zero-order valence-electron chi connectivity index (χ0n) is 19.4. The van der Waals surface area contributed by atoms with E-state index in [1.165, 1.54) is 4.90 Å². The Bertz CT molecular complexity index is 1240. The Hall–Kier alpha value is -3.86. The van der Waals surface area contributed by atoms with E-state index in [9.17, 15) is 9.59 Å². The van der Waals surface area contributed by atoms with Gasteiger partial charge in [-0.25, -0.2) is 4.90 Å². The third kappa shape index (κ3) is 4.27. The second-order valence-electron chi connectivity index (χ2n) is 8.23. The molecule has 1 aliphatic heterocycles. The Labute approximate surface area is 194 Å². The van der Waals surface area contributed by atoms with Crippen LogP contribution in [-0.4, -0.2) is 18.4 Å². The van der Waals surface area contributed by atoms with Crippen molar-refractivity contribution < 1.29 is 14.3 Å². The normalized spacial score (nSPS) is 13.6. The van der Waals surface area contributed by atoms with E-state index < -0.39 is 0 Å². The zero-order valence-corrected chi connectivity index (χ0v) is 19.4. The topological polar surface area (TPSA) is 58.6 Å². The molecule has 0 spiro atoms. The summed E-state index contributed by atoms with van der Waals surface area (Å²) in [6, 6.07) is 20.7. The van der Waals surface area contributed by atoms with Crippen LogP contribution in [0.4, 0.5) is 11.4 Å². The van der Waals surface area contributed by atoms with Crippen molar-refractivity contribution in [3.8, 4) is 5.75 Å². The number of carbonyl (C=O) groups excluding carboxylic acids is 2. The van der Waals surface area contributed by atoms with Crippen LogP contribution in [0.5, 0.6) is 5.75 Å². The molecule has 5 nitrogen and oxygen atoms in total. The van der Waals surface area contributed by atoms with Crippen molar-refractivity contribution in [2.45, 2.75) is 34.1 Å². The molecule has 2 amide bonds. The van der Waals surface area contributed by atoms with Crippen molar-refractivity contribution >= 4 is 28.8 Å². The van der Waals surface area contributed by atoms with Crippen LogP contribution >= 0.6 is 0 Å². The minimum Gasteiger partial charge on any atom is -0.494 e. The molecule has 4 rings (SSSR count). The molecule has 0 saturated heterocycles. The number of nitrogens with one attached hydrogen (secondary N) is 1. The standard InChI is InChI=1S/C28H28N2O3/c1-5-17-33-22-15-13-21(14-16-22)25-26(29-23-11-7-6-9-19(23)3)28(32)30(27(25)31)24-12-8-10-18(2)20(24)4/h6-16,29H,5,17H2,1-4H3. The van der Waals surface area contributed by atoms with Crippen LogP contribution in [0.2, 0.25) is 0 Å². The first-order valence-corrected chi connectivity index (χ1v) is 11.2. The maximum atomic E-state index is 13.7. The van der Waals surface area contributed by atoms with E-state index >= 15 is 0 Å². The SMILES string of the molecule is CCCOc1ccc(C2=C(Nc3ccccc3C)C(=O)N(c3cccc(C)c3C)C2=O)cc1. The Kier molecular flexibility index (Phi) is 6.31. The number of para-hydroxylation sites is 1. The Morgan fingerprint density at radius 1 is 0.818 bits per heavy atom. The molecular weight excluding hydrogens is 412 g/mol. The average molecular weight is 441 g/mol. The summed E-state index contributed by atoms with van der Waals surface area (Å²) in [4.78, 5) is 28.6. The largest absolute Gasteiger partial charge is 0.494 e. The van der Waals surface area contributed by atoms with Gasteiger partial charge in [-0.15, -0.1) is 0 Å². The first-order valence-electron chi connectivity index (χ1n) is 11.2. The minimum absolute atomic E-state index is 0.275. The summed E-state index contributed by atoms with van der Waals surface area (Å²) in [6.07, 6.45) is 0.912. The van der Waals surface area contributed by atoms with Gasteiger partial charge in [0.1, 0.15) is 11.4 Å². The first-order chi connectivity index (χ1) is 15.9. The summed E-state index contributed by atoms with van der Waals surface area (Å²) in [5, 5.41) is 3.26. The van der Waals surface area contributed by atoms with E-state index in [4.69, 9.17) is 4.74 Å². The lowest BCUT2D eigenvalue weighted by Gasteiger charge is -2.19. The Balaban J connectivity index is 1.81. The molecule has 0 bridgehead atoms. The summed E-state index contributed by atoms with van der Waals surface area (Å²) in [5.74, 6) is 0.0306. The molecule has 3 aromatic carbocycles. The van der Waals surface area contributed by atoms with Crippen molar-refractivity contribution in [1.29, 1.82) is 0 Å². The number of hydrogen-bond acceptors (Lipinski definition) is 4. The maximum Gasteiger partial charge on any atom is 0.282 e. The third-order valence-corrected chi connectivity index (χ3v) is 5.92. The van der Waals surface area contributed by atoms with Gasteiger partial charge >= 0.3 is 0 Å². The summed E-state index contributed by atoms with van der Waals surface area (Å²) in [7, 11) is 0. The van der Waals surface area contributed by atoms with Crippen molar-refractivity contribution in [1.82, 2.24) is 0 Å². The second-order valence-corrected chi connectivity index (χ2v) is 8.23. The number of anilines is 2. The Morgan fingerprint density at radius 3 is 2.21 bits per heavy atom. The zero-order chi connectivity index (χ0) is 23.5. The first kappa shape index (κ1) is 22.3. The highest BCUT2D eigenvalue weighted by molar-refractivity contribution is 6.46. The van der Waals surface area contributed by atoms with Crippen LogP contribution in [0.15, 0.2) is 72.4 Å². The number of amides is 2. The number of nitrogens with zero attached hydrogens (tertiary/aromatic N) is 1. The lowest BCUT2D eigenvalue weighted by Crippen LogP contribution is -2.33. The second kappa shape index (κ2) is 9.33. The van der Waals surface area contributed by atoms with Gasteiger partial charge in [0.2, 0.25) is 0 Å². The smallest absolute Gasteiger partial charge is 0.282 e. The molecule has 3 aromatic rings. The number of carbonyl (C=O) groups is 2. The highest BCUT2D eigenvalue weighted by Crippen LogP contribution is 2.36. The number of rotatable bonds is 7. The molecule has 0 saturated carbocycles. The van der Waals surface area contributed by atoms with Gasteiger partial charge in [0.25, 0.3) is 11.8 Å². The monoisotopic (exact) mass is 440 g/mol. The van der Waals surface area contributed by atoms with Gasteiger partial charge in [-0.3, -0.25) is 9.59 Å². The van der Waals surface area contributed by atoms with Crippen LogP contribution in [0.25, 0.3) is 5.57 Å². The van der Waals surface area contributed by atoms with Gasteiger partial charge in [0, 0.05) is 5.69 Å². The molecule has 168 valence electrons. The van der Waals surface area contributed by atoms with Crippen LogP contribution in [0.1, 0.15) is 35.6 Å². The molecule has 0 atom stereocenters. The predicted molar refractivity (Wildman–Crippen MR) is 132 cm³/mol. The fourth-order valence-electron chi connectivity index (χ4n) is 3.90. The van der Waals surface area contributed by atoms with E-state index in [0.29, 0.717) is 23.4 Å². The molecule has 1 N–H and O–H groups in total. The van der Waals surface area contributed by atoms with Gasteiger partial charge in [-0.05, 0) is 73.7 Å². The fourth-order valence-corrected chi connectivity index (χ4v) is 3.90. The van der Waals surface area contributed by atoms with Crippen molar-refractivity contribution in [2.24, 2.45) is 0 Å². The minimum atomic E-state index is -0.363. The van der Waals surface area contributed by atoms with Gasteiger partial charge in [0.15, 0.2) is 0 Å². The molecule has 0 aromatic heterocycles. The maximum absolute atomic E-state index is 13.7. The summed E-state index contributed by atoms with van der Waals surface area (Å²) < 4.78 is 5.68. The summed E-state index contributed by atoms with van der Waals surface area (Å²) in [5.41, 5.74) is 5.60. The fraction of sp³-hybridized carbons (Fsp3) is 0.214. The van der Waals surface area contributed by atoms with Crippen LogP contribution in [-0.2, 0) is 9.59 Å². The number of benzene rings is 3. The molecule has 0 fully saturated rings. The lowest BCUT2D eigenvalue weighted by atomic mass is 10.0. The molecule has 5 heteroatoms. The molecule has 1 aliphatic rings. The number of imide groups is 1. The summed E-state index contributed by atoms with van der Waals surface area (Å²) in [6.45, 7) is 8.54. The molecular formula is C28H28N2O3. The van der Waals surface area contributed by atoms with Crippen LogP contribution in [0, 0.1) is 20.8 Å². The molecule has 33 heavy (non-hydrogen) atoms. The van der Waals surface area contributed by atoms with Gasteiger partial charge < -0.3 is 10.1 Å². The third-order valence-electron chi connectivity index (χ3n) is 5.92. The number of hydrogen-bond donors (Lipinski definition) is 1. The lowest BCUT2D eigenvalue weighted by molar-refractivity contribution is -0.120. The number of ether oxygens (including phenoxy) is 1. The highest BCUT2D eigenvalue weighted by Gasteiger charge is 2.41. The van der Waals surface area contributed by atoms with E-state index in [0.717, 1.165) is 34.5 Å². The number of aryl methyl sites for hydroxylation is 2. The van der Waals surface area contributed by atoms with Gasteiger partial charge in [0.05, 0.1) is 17.9 Å². The van der Waals surface area contributed by atoms with Crippen molar-refractivity contribution in [3.05, 3.63) is 94.7 Å². The summed E-state index contributed by atoms with van der Waals surface area (Å²) >= 11 is 0. The molecule has 0 unspecified atom stereocenters. The van der Waals surface area contributed by atoms with E-state index in [2.05, 4.69) is 5.32 Å². The van der Waals surface area contributed by atoms with Gasteiger partial charge in [-0.2, -0.15) is 0 Å². The van der Waals surface area contributed by atoms with Crippen molar-refractivity contribution in [3.63, 3.8) is 0 Å².